The van der Waals surface area contributed by atoms with E-state index in [0.717, 1.165) is 5.01 Å². The molecule has 0 saturated heterocycles. The fraction of sp³-hybridized carbons (Fsp3) is 0. The van der Waals surface area contributed by atoms with Crippen LogP contribution in [0.1, 0.15) is 0 Å². The molecule has 0 aromatic heterocycles. The molecule has 8 heavy (non-hydrogen) atoms. The predicted molar refractivity (Wildman–Crippen MR) is 33.1 cm³/mol. The number of hydrogen-bond donors (Lipinski definition) is 1. The van der Waals surface area contributed by atoms with Crippen LogP contribution in [-0.2, 0) is 0 Å². The van der Waals surface area contributed by atoms with Crippen LogP contribution in [0, 0.1) is 0 Å². The van der Waals surface area contributed by atoms with E-state index < -0.39 is 0 Å². The van der Waals surface area contributed by atoms with E-state index in [1.54, 1.807) is 11.5 Å². The normalized spacial score (nSPS) is 10.5. The average molecular weight is 124 g/mol. The van der Waals surface area contributed by atoms with Gasteiger partial charge in [-0.2, -0.15) is 0 Å². The smallest absolute Gasteiger partial charge is 0.141 e. The maximum Gasteiger partial charge on any atom is 0.141 e. The highest BCUT2D eigenvalue weighted by Gasteiger charge is 2.01. The van der Waals surface area contributed by atoms with Crippen LogP contribution in [0.4, 0.5) is 0 Å². The number of hydrogen-bond acceptors (Lipinski definition) is 2. The molecule has 40 valence electrons. The molecular weight excluding hydrogens is 120 g/mol. The van der Waals surface area contributed by atoms with E-state index >= 15 is 0 Å². The van der Waals surface area contributed by atoms with Crippen molar-refractivity contribution in [1.82, 2.24) is 9.36 Å². The fourth-order valence-electron chi connectivity index (χ4n) is 0.675. The third-order valence-electron chi connectivity index (χ3n) is 1.06. The summed E-state index contributed by atoms with van der Waals surface area (Å²) >= 11 is 1.56. The molecule has 2 heterocycles. The first-order chi connectivity index (χ1) is 3.97. The van der Waals surface area contributed by atoms with Gasteiger partial charge >= 0.3 is 0 Å². The van der Waals surface area contributed by atoms with Gasteiger partial charge in [-0.15, -0.1) is 0 Å². The molecule has 0 aromatic rings. The highest BCUT2D eigenvalue weighted by atomic mass is 32.1. The predicted octanol–water partition coefficient (Wildman–Crippen LogP) is 1.58. The first-order valence-electron chi connectivity index (χ1n) is 2.34. The molecular formula is C5H4N2S. The van der Waals surface area contributed by atoms with Crippen LogP contribution >= 0.6 is 11.5 Å². The summed E-state index contributed by atoms with van der Waals surface area (Å²) in [6.45, 7) is 0. The highest BCUT2D eigenvalue weighted by Crippen LogP contribution is 2.21. The van der Waals surface area contributed by atoms with Gasteiger partial charge in [0.1, 0.15) is 5.01 Å². The third-order valence-corrected chi connectivity index (χ3v) is 1.83. The van der Waals surface area contributed by atoms with Crippen molar-refractivity contribution in [3.63, 3.8) is 0 Å². The number of rotatable bonds is 0. The van der Waals surface area contributed by atoms with Crippen molar-refractivity contribution >= 4 is 11.5 Å². The summed E-state index contributed by atoms with van der Waals surface area (Å²) < 4.78 is 3.00. The molecule has 2 aliphatic heterocycles. The number of aromatic nitrogens is 2. The van der Waals surface area contributed by atoms with Crippen LogP contribution in [0.25, 0.3) is 10.6 Å². The Labute approximate surface area is 50.7 Å². The summed E-state index contributed by atoms with van der Waals surface area (Å²) in [5.74, 6) is 0. The van der Waals surface area contributed by atoms with Crippen molar-refractivity contribution in [2.75, 3.05) is 0 Å². The molecule has 2 aliphatic rings. The SMILES string of the molecule is c1cc2c[nH]sc-2n1. The zero-order chi connectivity index (χ0) is 5.40. The number of nitrogens with zero attached hydrogens (tertiary/aromatic N) is 1. The van der Waals surface area contributed by atoms with Crippen molar-refractivity contribution in [2.45, 2.75) is 0 Å². The minimum Gasteiger partial charge on any atom is -0.316 e. The monoisotopic (exact) mass is 124 g/mol. The number of aromatic amines is 1. The van der Waals surface area contributed by atoms with E-state index in [4.69, 9.17) is 0 Å². The van der Waals surface area contributed by atoms with Gasteiger partial charge in [0.05, 0.1) is 0 Å². The molecule has 0 aromatic carbocycles. The number of H-pyrrole nitrogens is 1. The topological polar surface area (TPSA) is 28.7 Å². The van der Waals surface area contributed by atoms with Crippen LogP contribution < -0.4 is 0 Å². The molecule has 0 aliphatic carbocycles. The lowest BCUT2D eigenvalue weighted by Gasteiger charge is -1.73. The molecule has 1 N–H and O–H groups in total. The van der Waals surface area contributed by atoms with Crippen molar-refractivity contribution in [3.8, 4) is 10.6 Å². The average Bonchev–Trinajstić information content (AvgIpc) is 2.15. The van der Waals surface area contributed by atoms with E-state index in [2.05, 4.69) is 9.36 Å². The molecule has 0 unspecified atom stereocenters. The standard InChI is InChI=1S/C5H4N2S/c1-2-6-5-4(1)3-7-8-5/h1-3,7H. The van der Waals surface area contributed by atoms with E-state index in [0.29, 0.717) is 0 Å². The molecule has 0 fully saturated rings. The molecule has 0 spiro atoms. The van der Waals surface area contributed by atoms with Gasteiger partial charge in [-0.3, -0.25) is 0 Å². The zero-order valence-electron chi connectivity index (χ0n) is 4.09. The first-order valence-corrected chi connectivity index (χ1v) is 3.16. The molecule has 0 radical (unpaired) electrons. The van der Waals surface area contributed by atoms with E-state index in [1.165, 1.54) is 5.56 Å². The third kappa shape index (κ3) is 0.391. The first kappa shape index (κ1) is 4.09. The summed E-state index contributed by atoms with van der Waals surface area (Å²) in [7, 11) is 0. The van der Waals surface area contributed by atoms with Gasteiger partial charge in [-0.25, -0.2) is 4.98 Å². The molecule has 2 nitrogen and oxygen atoms in total. The molecule has 0 atom stereocenters. The Balaban J connectivity index is 2.84. The Morgan fingerprint density at radius 1 is 1.62 bits per heavy atom. The van der Waals surface area contributed by atoms with Crippen LogP contribution in [0.15, 0.2) is 18.5 Å². The Bertz CT molecular complexity index is 202. The van der Waals surface area contributed by atoms with Crippen LogP contribution in [0.5, 0.6) is 0 Å². The summed E-state index contributed by atoms with van der Waals surface area (Å²) in [4.78, 5) is 4.07. The highest BCUT2D eigenvalue weighted by molar-refractivity contribution is 7.09. The van der Waals surface area contributed by atoms with Gasteiger partial charge in [-0.05, 0) is 17.6 Å². The van der Waals surface area contributed by atoms with Crippen LogP contribution in [0.3, 0.4) is 0 Å². The van der Waals surface area contributed by atoms with Gasteiger partial charge in [-0.1, -0.05) is 0 Å². The Morgan fingerprint density at radius 2 is 2.62 bits per heavy atom. The maximum absolute atomic E-state index is 4.07. The molecule has 0 saturated carbocycles. The van der Waals surface area contributed by atoms with Crippen LogP contribution in [0.2, 0.25) is 0 Å². The van der Waals surface area contributed by atoms with Crippen LogP contribution in [-0.4, -0.2) is 9.36 Å². The Kier molecular flexibility index (Phi) is 0.676. The largest absolute Gasteiger partial charge is 0.316 e. The lowest BCUT2D eigenvalue weighted by molar-refractivity contribution is 1.46. The second kappa shape index (κ2) is 1.32. The minimum absolute atomic E-state index is 1.09. The van der Waals surface area contributed by atoms with E-state index in [1.807, 2.05) is 18.5 Å². The van der Waals surface area contributed by atoms with Crippen molar-refractivity contribution < 1.29 is 0 Å². The summed E-state index contributed by atoms with van der Waals surface area (Å²) in [6.07, 6.45) is 3.77. The molecule has 0 amide bonds. The van der Waals surface area contributed by atoms with Gasteiger partial charge in [0.25, 0.3) is 0 Å². The van der Waals surface area contributed by atoms with Gasteiger partial charge in [0, 0.05) is 18.0 Å². The molecule has 3 heteroatoms. The van der Waals surface area contributed by atoms with Gasteiger partial charge in [0.15, 0.2) is 0 Å². The van der Waals surface area contributed by atoms with Crippen molar-refractivity contribution in [2.24, 2.45) is 0 Å². The lowest BCUT2D eigenvalue weighted by atomic mass is 10.4. The van der Waals surface area contributed by atoms with Gasteiger partial charge in [0.2, 0.25) is 0 Å². The van der Waals surface area contributed by atoms with Crippen molar-refractivity contribution in [3.05, 3.63) is 18.5 Å². The van der Waals surface area contributed by atoms with Gasteiger partial charge < -0.3 is 4.37 Å². The fourth-order valence-corrected chi connectivity index (χ4v) is 1.33. The van der Waals surface area contributed by atoms with Crippen molar-refractivity contribution in [1.29, 1.82) is 0 Å². The molecule has 2 rings (SSSR count). The lowest BCUT2D eigenvalue weighted by Crippen LogP contribution is -1.56. The quantitative estimate of drug-likeness (QED) is 0.567. The Morgan fingerprint density at radius 3 is 3.50 bits per heavy atom. The van der Waals surface area contributed by atoms with E-state index in [-0.39, 0.29) is 0 Å². The summed E-state index contributed by atoms with van der Waals surface area (Å²) in [6, 6.07) is 1.99. The summed E-state index contributed by atoms with van der Waals surface area (Å²) in [5, 5.41) is 1.09. The summed E-state index contributed by atoms with van der Waals surface area (Å²) in [5.41, 5.74) is 1.20. The maximum atomic E-state index is 4.07. The second-order valence-electron chi connectivity index (χ2n) is 1.57. The van der Waals surface area contributed by atoms with E-state index in [9.17, 15) is 0 Å². The minimum atomic E-state index is 1.09. The number of fused-ring (bicyclic) bond motifs is 1. The number of nitrogens with one attached hydrogen (secondary N) is 1. The molecule has 0 bridgehead atoms. The Hall–Kier alpha value is -0.830. The second-order valence-corrected chi connectivity index (χ2v) is 2.40. The zero-order valence-corrected chi connectivity index (χ0v) is 4.90.